The lowest BCUT2D eigenvalue weighted by molar-refractivity contribution is -0.141. The van der Waals surface area contributed by atoms with Gasteiger partial charge in [-0.05, 0) is 62.8 Å². The molecule has 0 atom stereocenters. The Bertz CT molecular complexity index is 1360. The summed E-state index contributed by atoms with van der Waals surface area (Å²) >= 11 is 6.39. The maximum Gasteiger partial charge on any atom is 0.435 e. The van der Waals surface area contributed by atoms with Gasteiger partial charge in [0.1, 0.15) is 0 Å². The highest BCUT2D eigenvalue weighted by molar-refractivity contribution is 6.34. The van der Waals surface area contributed by atoms with Crippen LogP contribution in [0.25, 0.3) is 0 Å². The number of rotatable bonds is 8. The number of nitrogens with two attached hydrogens (primary N) is 1. The highest BCUT2D eigenvalue weighted by atomic mass is 35.5. The lowest BCUT2D eigenvalue weighted by Crippen LogP contribution is -2.39. The number of carbonyl (C=O) groups is 2. The van der Waals surface area contributed by atoms with Crippen molar-refractivity contribution in [3.8, 4) is 0 Å². The van der Waals surface area contributed by atoms with Crippen LogP contribution in [0.1, 0.15) is 81.6 Å². The van der Waals surface area contributed by atoms with Crippen LogP contribution in [0, 0.1) is 5.92 Å². The Morgan fingerprint density at radius 1 is 1.18 bits per heavy atom. The van der Waals surface area contributed by atoms with Crippen molar-refractivity contribution < 1.29 is 22.8 Å². The number of halogens is 4. The molecular weight excluding hydrogens is 535 g/mol. The van der Waals surface area contributed by atoms with Gasteiger partial charge in [-0.15, -0.1) is 0 Å². The number of alkyl halides is 3. The fourth-order valence-corrected chi connectivity index (χ4v) is 5.31. The van der Waals surface area contributed by atoms with Crippen molar-refractivity contribution in [2.75, 3.05) is 25.0 Å². The van der Waals surface area contributed by atoms with Gasteiger partial charge in [0, 0.05) is 54.3 Å². The van der Waals surface area contributed by atoms with Crippen molar-refractivity contribution in [1.29, 1.82) is 0 Å². The van der Waals surface area contributed by atoms with E-state index in [-0.39, 0.29) is 34.7 Å². The third-order valence-electron chi connectivity index (χ3n) is 7.30. The predicted octanol–water partition coefficient (Wildman–Crippen LogP) is 4.73. The van der Waals surface area contributed by atoms with Gasteiger partial charge in [-0.1, -0.05) is 11.6 Å². The third kappa shape index (κ3) is 6.11. The average molecular weight is 564 g/mol. The Balaban J connectivity index is 1.23. The summed E-state index contributed by atoms with van der Waals surface area (Å²) in [7, 11) is 0. The minimum Gasteiger partial charge on any atom is -0.339 e. The molecule has 5 N–H and O–H groups in total. The number of hydrogen-bond donors (Lipinski definition) is 4. The summed E-state index contributed by atoms with van der Waals surface area (Å²) in [4.78, 5) is 34.4. The van der Waals surface area contributed by atoms with Gasteiger partial charge < -0.3 is 20.9 Å². The summed E-state index contributed by atoms with van der Waals surface area (Å²) in [5, 5.41) is 8.91. The van der Waals surface area contributed by atoms with Gasteiger partial charge in [0.15, 0.2) is 11.5 Å². The molecule has 39 heavy (non-hydrogen) atoms. The van der Waals surface area contributed by atoms with E-state index in [9.17, 15) is 22.8 Å². The number of amides is 2. The van der Waals surface area contributed by atoms with Gasteiger partial charge in [-0.3, -0.25) is 14.7 Å². The molecule has 2 aromatic heterocycles. The first kappa shape index (κ1) is 27.2. The quantitative estimate of drug-likeness (QED) is 0.315. The standard InChI is InChI=1S/C26H29ClF3N7O2/c27-20-12-16(3-4-18(20)25(39)37-9-6-14(5-8-31)7-10-37)34-24(38)23-32-13-17(33-23)11-19-21(15-1-2-15)35-36-22(19)26(28,29)30/h3-4,12-15H,1-2,5-11,31H2,(H,32,33)(H,34,38)(H,35,36). The van der Waals surface area contributed by atoms with Crippen molar-refractivity contribution in [1.82, 2.24) is 25.1 Å². The summed E-state index contributed by atoms with van der Waals surface area (Å²) in [6.07, 6.45) is 1.03. The SMILES string of the molecule is NCCC1CCN(C(=O)c2ccc(NC(=O)c3ncc(Cc4c(C(F)(F)F)n[nH]c4C4CC4)[nH]3)cc2Cl)CC1. The largest absolute Gasteiger partial charge is 0.435 e. The number of benzene rings is 1. The second-order valence-corrected chi connectivity index (χ2v) is 10.5. The molecule has 0 unspecified atom stereocenters. The van der Waals surface area contributed by atoms with E-state index in [1.165, 1.54) is 12.3 Å². The number of piperidine rings is 1. The normalized spacial score (nSPS) is 16.5. The van der Waals surface area contributed by atoms with E-state index in [0.29, 0.717) is 48.2 Å². The monoisotopic (exact) mass is 563 g/mol. The third-order valence-corrected chi connectivity index (χ3v) is 7.61. The van der Waals surface area contributed by atoms with Crippen LogP contribution in [-0.4, -0.2) is 56.5 Å². The molecule has 0 spiro atoms. The summed E-state index contributed by atoms with van der Waals surface area (Å²) in [5.41, 5.74) is 6.29. The molecule has 3 aromatic rings. The lowest BCUT2D eigenvalue weighted by atomic mass is 9.93. The molecule has 2 amide bonds. The fourth-order valence-electron chi connectivity index (χ4n) is 5.04. The summed E-state index contributed by atoms with van der Waals surface area (Å²) in [6, 6.07) is 4.63. The summed E-state index contributed by atoms with van der Waals surface area (Å²) in [6.45, 7) is 1.93. The van der Waals surface area contributed by atoms with E-state index >= 15 is 0 Å². The molecule has 208 valence electrons. The predicted molar refractivity (Wildman–Crippen MR) is 139 cm³/mol. The Kier molecular flexibility index (Phi) is 7.68. The van der Waals surface area contributed by atoms with Crippen molar-refractivity contribution >= 4 is 29.1 Å². The van der Waals surface area contributed by atoms with Crippen LogP contribution in [0.2, 0.25) is 5.02 Å². The zero-order chi connectivity index (χ0) is 27.7. The minimum absolute atomic E-state index is 0.0388. The topological polar surface area (TPSA) is 133 Å². The average Bonchev–Trinajstić information content (AvgIpc) is 3.46. The Morgan fingerprint density at radius 3 is 2.56 bits per heavy atom. The molecular formula is C26H29ClF3N7O2. The van der Waals surface area contributed by atoms with E-state index < -0.39 is 17.8 Å². The molecule has 1 aromatic carbocycles. The zero-order valence-corrected chi connectivity index (χ0v) is 21.8. The number of aromatic nitrogens is 4. The second kappa shape index (κ2) is 11.0. The van der Waals surface area contributed by atoms with Gasteiger partial charge in [-0.25, -0.2) is 4.98 Å². The number of nitrogens with zero attached hydrogens (tertiary/aromatic N) is 3. The summed E-state index contributed by atoms with van der Waals surface area (Å²) in [5.74, 6) is -0.254. The van der Waals surface area contributed by atoms with Crippen LogP contribution in [-0.2, 0) is 12.6 Å². The maximum absolute atomic E-state index is 13.5. The van der Waals surface area contributed by atoms with Gasteiger partial charge in [0.25, 0.3) is 11.8 Å². The van der Waals surface area contributed by atoms with Gasteiger partial charge >= 0.3 is 6.18 Å². The molecule has 2 aliphatic rings. The number of anilines is 1. The highest BCUT2D eigenvalue weighted by Crippen LogP contribution is 2.44. The van der Waals surface area contributed by atoms with E-state index in [4.69, 9.17) is 17.3 Å². The number of hydrogen-bond acceptors (Lipinski definition) is 5. The minimum atomic E-state index is -4.59. The van der Waals surface area contributed by atoms with Gasteiger partial charge in [0.2, 0.25) is 0 Å². The number of imidazole rings is 1. The van der Waals surface area contributed by atoms with E-state index in [2.05, 4.69) is 25.5 Å². The molecule has 9 nitrogen and oxygen atoms in total. The molecule has 1 saturated carbocycles. The smallest absolute Gasteiger partial charge is 0.339 e. The number of likely N-dealkylation sites (tertiary alicyclic amines) is 1. The van der Waals surface area contributed by atoms with Crippen molar-refractivity contribution in [2.24, 2.45) is 11.7 Å². The second-order valence-electron chi connectivity index (χ2n) is 10.1. The lowest BCUT2D eigenvalue weighted by Gasteiger charge is -2.32. The maximum atomic E-state index is 13.5. The van der Waals surface area contributed by atoms with Crippen molar-refractivity contribution in [3.63, 3.8) is 0 Å². The number of aromatic amines is 2. The molecule has 2 fully saturated rings. The van der Waals surface area contributed by atoms with Crippen LogP contribution in [0.3, 0.4) is 0 Å². The molecule has 5 rings (SSSR count). The van der Waals surface area contributed by atoms with Gasteiger partial charge in [-0.2, -0.15) is 18.3 Å². The fraction of sp³-hybridized carbons (Fsp3) is 0.462. The van der Waals surface area contributed by atoms with Crippen molar-refractivity contribution in [3.05, 3.63) is 63.5 Å². The first-order chi connectivity index (χ1) is 18.6. The Hall–Kier alpha value is -3.38. The van der Waals surface area contributed by atoms with Gasteiger partial charge in [0.05, 0.1) is 10.6 Å². The van der Waals surface area contributed by atoms with E-state index in [1.54, 1.807) is 17.0 Å². The zero-order valence-electron chi connectivity index (χ0n) is 21.1. The van der Waals surface area contributed by atoms with Crippen molar-refractivity contribution in [2.45, 2.75) is 50.6 Å². The number of carbonyl (C=O) groups excluding carboxylic acids is 2. The first-order valence-corrected chi connectivity index (χ1v) is 13.3. The molecule has 3 heterocycles. The Labute approximate surface area is 227 Å². The summed E-state index contributed by atoms with van der Waals surface area (Å²) < 4.78 is 40.4. The molecule has 1 saturated heterocycles. The number of nitrogens with one attached hydrogen (secondary N) is 3. The molecule has 1 aliphatic carbocycles. The van der Waals surface area contributed by atoms with E-state index in [1.807, 2.05) is 0 Å². The molecule has 0 radical (unpaired) electrons. The van der Waals surface area contributed by atoms with Crippen LogP contribution in [0.4, 0.5) is 18.9 Å². The van der Waals surface area contributed by atoms with Crippen LogP contribution >= 0.6 is 11.6 Å². The van der Waals surface area contributed by atoms with Crippen LogP contribution in [0.5, 0.6) is 0 Å². The molecule has 0 bridgehead atoms. The van der Waals surface area contributed by atoms with Crippen LogP contribution in [0.15, 0.2) is 24.4 Å². The highest BCUT2D eigenvalue weighted by Gasteiger charge is 2.40. The Morgan fingerprint density at radius 2 is 1.92 bits per heavy atom. The number of H-pyrrole nitrogens is 2. The molecule has 13 heteroatoms. The molecule has 1 aliphatic heterocycles. The first-order valence-electron chi connectivity index (χ1n) is 12.9. The van der Waals surface area contributed by atoms with E-state index in [0.717, 1.165) is 32.1 Å². The van der Waals surface area contributed by atoms with Crippen LogP contribution < -0.4 is 11.1 Å².